The molecule has 2 heterocycles. The van der Waals surface area contributed by atoms with E-state index in [2.05, 4.69) is 26.0 Å². The molecular formula is C34H32ClNO3. The summed E-state index contributed by atoms with van der Waals surface area (Å²) in [4.78, 5) is 45.7. The van der Waals surface area contributed by atoms with Crippen LogP contribution in [0.3, 0.4) is 0 Å². The molecule has 6 rings (SSSR count). The van der Waals surface area contributed by atoms with Crippen molar-refractivity contribution in [3.05, 3.63) is 106 Å². The Morgan fingerprint density at radius 2 is 1.54 bits per heavy atom. The van der Waals surface area contributed by atoms with Gasteiger partial charge in [-0.1, -0.05) is 107 Å². The van der Waals surface area contributed by atoms with Gasteiger partial charge in [0.05, 0.1) is 12.1 Å². The zero-order valence-electron chi connectivity index (χ0n) is 22.9. The molecule has 1 saturated heterocycles. The van der Waals surface area contributed by atoms with E-state index in [4.69, 9.17) is 11.6 Å². The molecule has 198 valence electrons. The first-order chi connectivity index (χ1) is 18.5. The van der Waals surface area contributed by atoms with Crippen LogP contribution in [0, 0.1) is 10.8 Å². The zero-order valence-corrected chi connectivity index (χ0v) is 23.6. The molecule has 5 heteroatoms. The summed E-state index contributed by atoms with van der Waals surface area (Å²) in [6.07, 6.45) is 3.88. The molecule has 0 radical (unpaired) electrons. The third kappa shape index (κ3) is 3.54. The first kappa shape index (κ1) is 25.8. The van der Waals surface area contributed by atoms with Gasteiger partial charge in [-0.05, 0) is 40.8 Å². The summed E-state index contributed by atoms with van der Waals surface area (Å²) in [6, 6.07) is 19.5. The molecule has 0 N–H and O–H groups in total. The van der Waals surface area contributed by atoms with Gasteiger partial charge in [0.2, 0.25) is 0 Å². The lowest BCUT2D eigenvalue weighted by Gasteiger charge is -2.38. The van der Waals surface area contributed by atoms with Crippen LogP contribution in [-0.4, -0.2) is 29.4 Å². The van der Waals surface area contributed by atoms with Crippen LogP contribution in [0.2, 0.25) is 5.02 Å². The van der Waals surface area contributed by atoms with E-state index in [1.54, 1.807) is 30.3 Å². The van der Waals surface area contributed by atoms with Gasteiger partial charge in [0.25, 0.3) is 0 Å². The third-order valence-electron chi connectivity index (χ3n) is 8.74. The van der Waals surface area contributed by atoms with Gasteiger partial charge in [0.15, 0.2) is 17.3 Å². The molecular weight excluding hydrogens is 506 g/mol. The van der Waals surface area contributed by atoms with Crippen molar-refractivity contribution in [1.82, 2.24) is 0 Å². The largest absolute Gasteiger partial charge is 0.352 e. The molecule has 4 nitrogen and oxygen atoms in total. The topological polar surface area (TPSA) is 54.5 Å². The number of hydrogen-bond acceptors (Lipinski definition) is 4. The van der Waals surface area contributed by atoms with Crippen LogP contribution in [0.25, 0.3) is 6.08 Å². The van der Waals surface area contributed by atoms with Crippen LogP contribution in [0.4, 0.5) is 5.69 Å². The summed E-state index contributed by atoms with van der Waals surface area (Å²) in [5.74, 6) is -0.762. The molecule has 3 unspecified atom stereocenters. The van der Waals surface area contributed by atoms with Crippen LogP contribution in [0.1, 0.15) is 83.9 Å². The average molecular weight is 538 g/mol. The lowest BCUT2D eigenvalue weighted by atomic mass is 9.63. The predicted octanol–water partition coefficient (Wildman–Crippen LogP) is 7.51. The van der Waals surface area contributed by atoms with Gasteiger partial charge in [0.1, 0.15) is 5.41 Å². The molecule has 0 saturated carbocycles. The van der Waals surface area contributed by atoms with Crippen LogP contribution in [0.5, 0.6) is 0 Å². The highest BCUT2D eigenvalue weighted by molar-refractivity contribution is 6.32. The van der Waals surface area contributed by atoms with E-state index in [9.17, 15) is 14.4 Å². The Balaban J connectivity index is 1.68. The zero-order chi connectivity index (χ0) is 27.9. The maximum atomic E-state index is 14.6. The van der Waals surface area contributed by atoms with E-state index in [1.165, 1.54) is 0 Å². The van der Waals surface area contributed by atoms with E-state index in [0.717, 1.165) is 22.4 Å². The van der Waals surface area contributed by atoms with E-state index < -0.39 is 28.8 Å². The number of rotatable bonds is 3. The molecule has 3 aromatic carbocycles. The van der Waals surface area contributed by atoms with Crippen molar-refractivity contribution < 1.29 is 14.4 Å². The number of carbonyl (C=O) groups excluding carboxylic acids is 3. The minimum atomic E-state index is -1.47. The Kier molecular flexibility index (Phi) is 5.78. The highest BCUT2D eigenvalue weighted by Crippen LogP contribution is 2.61. The van der Waals surface area contributed by atoms with Gasteiger partial charge in [-0.3, -0.25) is 14.4 Å². The normalized spacial score (nSPS) is 22.8. The van der Waals surface area contributed by atoms with Gasteiger partial charge >= 0.3 is 0 Å². The summed E-state index contributed by atoms with van der Waals surface area (Å²) in [5.41, 5.74) is 2.36. The quantitative estimate of drug-likeness (QED) is 0.324. The fraction of sp³-hybridized carbons (Fsp3) is 0.324. The number of benzene rings is 3. The molecule has 39 heavy (non-hydrogen) atoms. The van der Waals surface area contributed by atoms with Crippen molar-refractivity contribution in [2.45, 2.75) is 58.5 Å². The summed E-state index contributed by atoms with van der Waals surface area (Å²) in [6.45, 7) is 9.98. The lowest BCUT2D eigenvalue weighted by molar-refractivity contribution is -0.127. The lowest BCUT2D eigenvalue weighted by Crippen LogP contribution is -2.49. The molecule has 0 amide bonds. The van der Waals surface area contributed by atoms with Crippen molar-refractivity contribution in [2.24, 2.45) is 10.8 Å². The molecule has 0 bridgehead atoms. The van der Waals surface area contributed by atoms with Crippen LogP contribution >= 0.6 is 11.6 Å². The molecule has 1 fully saturated rings. The number of hydrogen-bond donors (Lipinski definition) is 0. The smallest absolute Gasteiger partial charge is 0.180 e. The Labute approximate surface area is 234 Å². The number of Topliss-reactive ketones (excluding diaryl/α,β-unsaturated/α-hetero) is 3. The minimum absolute atomic E-state index is 0.00457. The number of nitrogens with zero attached hydrogens (tertiary/aromatic N) is 1. The van der Waals surface area contributed by atoms with Crippen molar-refractivity contribution in [3.63, 3.8) is 0 Å². The van der Waals surface area contributed by atoms with Crippen molar-refractivity contribution in [2.75, 3.05) is 4.90 Å². The van der Waals surface area contributed by atoms with Gasteiger partial charge in [0, 0.05) is 33.2 Å². The highest BCUT2D eigenvalue weighted by Gasteiger charge is 2.71. The van der Waals surface area contributed by atoms with E-state index in [-0.39, 0.29) is 17.3 Å². The number of fused-ring (bicyclic) bond motifs is 5. The molecule has 0 aromatic heterocycles. The second-order valence-corrected chi connectivity index (χ2v) is 12.8. The summed E-state index contributed by atoms with van der Waals surface area (Å²) < 4.78 is 0. The maximum Gasteiger partial charge on any atom is 0.180 e. The fourth-order valence-electron chi connectivity index (χ4n) is 6.85. The number of carbonyl (C=O) groups is 3. The molecule has 3 aromatic rings. The average Bonchev–Trinajstić information content (AvgIpc) is 3.33. The molecule has 1 spiro atoms. The second kappa shape index (κ2) is 8.76. The standard InChI is InChI=1S/C34H32ClNO3/c1-19(2)20-10-12-21(13-11-20)28-29(32(39)33(3,4)5)36-26-16-15-23(35)18-22(26)14-17-27(36)34(28)30(37)24-8-6-7-9-25(24)31(34)38/h6-19,27-29H,1-5H3. The molecule has 3 atom stereocenters. The maximum absolute atomic E-state index is 14.6. The van der Waals surface area contributed by atoms with Crippen molar-refractivity contribution in [3.8, 4) is 0 Å². The monoisotopic (exact) mass is 537 g/mol. The van der Waals surface area contributed by atoms with Crippen molar-refractivity contribution >= 4 is 40.7 Å². The van der Waals surface area contributed by atoms with Crippen LogP contribution in [-0.2, 0) is 4.79 Å². The van der Waals surface area contributed by atoms with Gasteiger partial charge < -0.3 is 4.90 Å². The molecule has 1 aliphatic carbocycles. The van der Waals surface area contributed by atoms with E-state index >= 15 is 0 Å². The summed E-state index contributed by atoms with van der Waals surface area (Å²) >= 11 is 6.36. The Morgan fingerprint density at radius 3 is 2.10 bits per heavy atom. The summed E-state index contributed by atoms with van der Waals surface area (Å²) in [5, 5.41) is 0.589. The number of halogens is 1. The fourth-order valence-corrected chi connectivity index (χ4v) is 7.03. The predicted molar refractivity (Wildman–Crippen MR) is 156 cm³/mol. The van der Waals surface area contributed by atoms with E-state index in [0.29, 0.717) is 22.1 Å². The Hall–Kier alpha value is -3.50. The van der Waals surface area contributed by atoms with E-state index in [1.807, 2.05) is 62.1 Å². The minimum Gasteiger partial charge on any atom is -0.352 e. The number of anilines is 1. The number of ketones is 3. The van der Waals surface area contributed by atoms with Gasteiger partial charge in [-0.25, -0.2) is 0 Å². The first-order valence-corrected chi connectivity index (χ1v) is 13.9. The molecule has 2 aliphatic heterocycles. The third-order valence-corrected chi connectivity index (χ3v) is 8.97. The Morgan fingerprint density at radius 1 is 0.923 bits per heavy atom. The SMILES string of the molecule is CC(C)c1ccc(C2C(C(=O)C(C)(C)C)N3c4ccc(Cl)cc4C=CC3C23C(=O)c2ccccc2C3=O)cc1. The first-order valence-electron chi connectivity index (χ1n) is 13.6. The van der Waals surface area contributed by atoms with Crippen LogP contribution < -0.4 is 4.90 Å². The van der Waals surface area contributed by atoms with Gasteiger partial charge in [-0.15, -0.1) is 0 Å². The second-order valence-electron chi connectivity index (χ2n) is 12.3. The Bertz CT molecular complexity index is 1520. The highest BCUT2D eigenvalue weighted by atomic mass is 35.5. The van der Waals surface area contributed by atoms with Crippen LogP contribution in [0.15, 0.2) is 72.8 Å². The van der Waals surface area contributed by atoms with Gasteiger partial charge in [-0.2, -0.15) is 0 Å². The van der Waals surface area contributed by atoms with Crippen molar-refractivity contribution in [1.29, 1.82) is 0 Å². The summed E-state index contributed by atoms with van der Waals surface area (Å²) in [7, 11) is 0. The molecule has 3 aliphatic rings.